The van der Waals surface area contributed by atoms with E-state index >= 15 is 0 Å². The maximum absolute atomic E-state index is 11.2. The molecule has 0 radical (unpaired) electrons. The van der Waals surface area contributed by atoms with Gasteiger partial charge in [0.05, 0.1) is 13.2 Å². The first-order valence-electron chi connectivity index (χ1n) is 6.83. The normalized spacial score (nSPS) is 10.4. The summed E-state index contributed by atoms with van der Waals surface area (Å²) in [5.41, 5.74) is 0. The Kier molecular flexibility index (Phi) is 11.8. The highest BCUT2D eigenvalue weighted by molar-refractivity contribution is 5.91. The first-order chi connectivity index (χ1) is 9.20. The minimum Gasteiger partial charge on any atom is -0.463 e. The van der Waals surface area contributed by atoms with Crippen molar-refractivity contribution in [1.29, 1.82) is 0 Å². The number of rotatable bonds is 11. The number of ether oxygens (including phenoxy) is 2. The Bertz CT molecular complexity index is 295. The fourth-order valence-electron chi connectivity index (χ4n) is 1.33. The van der Waals surface area contributed by atoms with Gasteiger partial charge in [-0.3, -0.25) is 0 Å². The van der Waals surface area contributed by atoms with Gasteiger partial charge in [0.1, 0.15) is 0 Å². The summed E-state index contributed by atoms with van der Waals surface area (Å²) in [7, 11) is 0. The fourth-order valence-corrected chi connectivity index (χ4v) is 1.33. The van der Waals surface area contributed by atoms with Crippen molar-refractivity contribution in [3.05, 3.63) is 24.8 Å². The molecule has 0 fully saturated rings. The zero-order valence-electron chi connectivity index (χ0n) is 11.7. The van der Waals surface area contributed by atoms with Crippen LogP contribution >= 0.6 is 0 Å². The van der Waals surface area contributed by atoms with Crippen molar-refractivity contribution in [1.82, 2.24) is 0 Å². The predicted octanol–water partition coefficient (Wildman–Crippen LogP) is 3.18. The van der Waals surface area contributed by atoms with Crippen LogP contribution in [0.5, 0.6) is 0 Å². The molecule has 0 saturated carbocycles. The molecule has 0 spiro atoms. The van der Waals surface area contributed by atoms with Gasteiger partial charge < -0.3 is 9.47 Å². The van der Waals surface area contributed by atoms with Crippen molar-refractivity contribution in [2.24, 2.45) is 0 Å². The zero-order valence-corrected chi connectivity index (χ0v) is 11.7. The van der Waals surface area contributed by atoms with Crippen LogP contribution in [0.3, 0.4) is 0 Å². The molecule has 0 aliphatic rings. The van der Waals surface area contributed by atoms with Gasteiger partial charge in [-0.15, -0.1) is 6.58 Å². The molecule has 0 atom stereocenters. The lowest BCUT2D eigenvalue weighted by Crippen LogP contribution is -2.06. The molecule has 0 aromatic rings. The molecule has 0 aromatic carbocycles. The molecular formula is C15H24O4. The summed E-state index contributed by atoms with van der Waals surface area (Å²) in [5, 5.41) is 0. The smallest absolute Gasteiger partial charge is 0.331 e. The molecule has 0 N–H and O–H groups in total. The van der Waals surface area contributed by atoms with E-state index in [1.807, 2.05) is 0 Å². The summed E-state index contributed by atoms with van der Waals surface area (Å²) in [5.74, 6) is -1.02. The molecule has 0 aromatic heterocycles. The van der Waals surface area contributed by atoms with Gasteiger partial charge in [-0.1, -0.05) is 32.3 Å². The lowest BCUT2D eigenvalue weighted by atomic mass is 10.2. The van der Waals surface area contributed by atoms with Crippen LogP contribution in [0.15, 0.2) is 24.8 Å². The number of hydrogen-bond acceptors (Lipinski definition) is 4. The molecular weight excluding hydrogens is 244 g/mol. The van der Waals surface area contributed by atoms with Crippen molar-refractivity contribution in [2.75, 3.05) is 13.2 Å². The minimum absolute atomic E-state index is 0.335. The van der Waals surface area contributed by atoms with Crippen molar-refractivity contribution in [3.8, 4) is 0 Å². The van der Waals surface area contributed by atoms with Crippen LogP contribution in [0.25, 0.3) is 0 Å². The summed E-state index contributed by atoms with van der Waals surface area (Å²) in [6.07, 6.45) is 9.72. The van der Waals surface area contributed by atoms with Gasteiger partial charge in [0, 0.05) is 12.2 Å². The molecule has 19 heavy (non-hydrogen) atoms. The third-order valence-corrected chi connectivity index (χ3v) is 2.39. The molecule has 0 heterocycles. The molecule has 0 unspecified atom stereocenters. The second kappa shape index (κ2) is 12.9. The fraction of sp³-hybridized carbons (Fsp3) is 0.600. The van der Waals surface area contributed by atoms with E-state index < -0.39 is 11.9 Å². The van der Waals surface area contributed by atoms with Gasteiger partial charge in [-0.05, 0) is 19.3 Å². The van der Waals surface area contributed by atoms with Crippen molar-refractivity contribution < 1.29 is 19.1 Å². The molecule has 0 bridgehead atoms. The standard InChI is InChI=1S/C15H24O4/c1-3-5-7-9-13-19-15(17)11-10-14(16)18-12-8-6-4-2/h4,10-11H,2-3,5-9,12-13H2,1H3/b11-10+. The number of unbranched alkanes of at least 4 members (excludes halogenated alkanes) is 4. The van der Waals surface area contributed by atoms with Gasteiger partial charge in [-0.25, -0.2) is 9.59 Å². The molecule has 0 rings (SSSR count). The summed E-state index contributed by atoms with van der Waals surface area (Å²) < 4.78 is 9.81. The van der Waals surface area contributed by atoms with Crippen LogP contribution in [-0.2, 0) is 19.1 Å². The molecule has 0 aliphatic carbocycles. The number of hydrogen-bond donors (Lipinski definition) is 0. The van der Waals surface area contributed by atoms with E-state index in [4.69, 9.17) is 9.47 Å². The Morgan fingerprint density at radius 2 is 1.53 bits per heavy atom. The molecule has 4 heteroatoms. The minimum atomic E-state index is -0.521. The molecule has 108 valence electrons. The Labute approximate surface area is 115 Å². The maximum Gasteiger partial charge on any atom is 0.331 e. The Morgan fingerprint density at radius 1 is 0.947 bits per heavy atom. The predicted molar refractivity (Wildman–Crippen MR) is 74.6 cm³/mol. The van der Waals surface area contributed by atoms with Crippen LogP contribution in [0.1, 0.15) is 45.4 Å². The third kappa shape index (κ3) is 12.7. The Hall–Kier alpha value is -1.58. The quantitative estimate of drug-likeness (QED) is 0.250. The van der Waals surface area contributed by atoms with Gasteiger partial charge in [-0.2, -0.15) is 0 Å². The largest absolute Gasteiger partial charge is 0.463 e. The van der Waals surface area contributed by atoms with Crippen LogP contribution in [0.2, 0.25) is 0 Å². The number of esters is 2. The second-order valence-electron chi connectivity index (χ2n) is 4.16. The van der Waals surface area contributed by atoms with Gasteiger partial charge in [0.25, 0.3) is 0 Å². The summed E-state index contributed by atoms with van der Waals surface area (Å²) in [4.78, 5) is 22.4. The van der Waals surface area contributed by atoms with Crippen molar-refractivity contribution >= 4 is 11.9 Å². The zero-order chi connectivity index (χ0) is 14.3. The van der Waals surface area contributed by atoms with E-state index in [9.17, 15) is 9.59 Å². The van der Waals surface area contributed by atoms with Gasteiger partial charge in [0.2, 0.25) is 0 Å². The lowest BCUT2D eigenvalue weighted by molar-refractivity contribution is -0.140. The maximum atomic E-state index is 11.2. The lowest BCUT2D eigenvalue weighted by Gasteiger charge is -2.01. The van der Waals surface area contributed by atoms with E-state index in [0.717, 1.165) is 50.7 Å². The monoisotopic (exact) mass is 268 g/mol. The van der Waals surface area contributed by atoms with Crippen LogP contribution in [-0.4, -0.2) is 25.2 Å². The molecule has 0 saturated heterocycles. The highest BCUT2D eigenvalue weighted by atomic mass is 16.5. The first kappa shape index (κ1) is 17.4. The SMILES string of the molecule is C=CCCCOC(=O)/C=C/C(=O)OCCCCCC. The second-order valence-corrected chi connectivity index (χ2v) is 4.16. The number of carbonyl (C=O) groups is 2. The summed E-state index contributed by atoms with van der Waals surface area (Å²) in [6, 6.07) is 0. The summed E-state index contributed by atoms with van der Waals surface area (Å²) in [6.45, 7) is 6.42. The highest BCUT2D eigenvalue weighted by Crippen LogP contribution is 1.99. The average Bonchev–Trinajstić information content (AvgIpc) is 2.41. The van der Waals surface area contributed by atoms with E-state index in [2.05, 4.69) is 13.5 Å². The average molecular weight is 268 g/mol. The first-order valence-corrected chi connectivity index (χ1v) is 6.83. The Morgan fingerprint density at radius 3 is 2.05 bits per heavy atom. The van der Waals surface area contributed by atoms with Crippen molar-refractivity contribution in [2.45, 2.75) is 45.4 Å². The van der Waals surface area contributed by atoms with E-state index in [1.165, 1.54) is 0 Å². The number of allylic oxidation sites excluding steroid dienone is 1. The molecule has 4 nitrogen and oxygen atoms in total. The van der Waals surface area contributed by atoms with Crippen molar-refractivity contribution in [3.63, 3.8) is 0 Å². The molecule has 0 aliphatic heterocycles. The topological polar surface area (TPSA) is 52.6 Å². The van der Waals surface area contributed by atoms with Gasteiger partial charge >= 0.3 is 11.9 Å². The van der Waals surface area contributed by atoms with Gasteiger partial charge in [0.15, 0.2) is 0 Å². The van der Waals surface area contributed by atoms with E-state index in [1.54, 1.807) is 6.08 Å². The van der Waals surface area contributed by atoms with Crippen LogP contribution < -0.4 is 0 Å². The number of carbonyl (C=O) groups excluding carboxylic acids is 2. The molecule has 0 amide bonds. The van der Waals surface area contributed by atoms with E-state index in [0.29, 0.717) is 13.2 Å². The summed E-state index contributed by atoms with van der Waals surface area (Å²) >= 11 is 0. The third-order valence-electron chi connectivity index (χ3n) is 2.39. The highest BCUT2D eigenvalue weighted by Gasteiger charge is 2.00. The van der Waals surface area contributed by atoms with Crippen LogP contribution in [0.4, 0.5) is 0 Å². The Balaban J connectivity index is 3.58. The van der Waals surface area contributed by atoms with Crippen LogP contribution in [0, 0.1) is 0 Å². The van der Waals surface area contributed by atoms with E-state index in [-0.39, 0.29) is 0 Å².